The van der Waals surface area contributed by atoms with Crippen LogP contribution < -0.4 is 10.5 Å². The maximum absolute atomic E-state index is 13.6. The summed E-state index contributed by atoms with van der Waals surface area (Å²) in [7, 11) is 1.54. The third kappa shape index (κ3) is 2.89. The van der Waals surface area contributed by atoms with Crippen LogP contribution in [0.4, 0.5) is 14.7 Å². The van der Waals surface area contributed by atoms with Gasteiger partial charge in [0.1, 0.15) is 23.5 Å². The third-order valence-electron chi connectivity index (χ3n) is 4.79. The van der Waals surface area contributed by atoms with Gasteiger partial charge in [0.25, 0.3) is 0 Å². The summed E-state index contributed by atoms with van der Waals surface area (Å²) in [6.45, 7) is 0.140. The van der Waals surface area contributed by atoms with E-state index in [0.29, 0.717) is 39.3 Å². The molecule has 0 aliphatic carbocycles. The van der Waals surface area contributed by atoms with Crippen molar-refractivity contribution in [3.8, 4) is 11.6 Å². The van der Waals surface area contributed by atoms with E-state index >= 15 is 0 Å². The molecule has 4 aromatic heterocycles. The van der Waals surface area contributed by atoms with E-state index in [-0.39, 0.29) is 12.5 Å². The molecule has 0 spiro atoms. The Morgan fingerprint density at radius 1 is 1.07 bits per heavy atom. The molecule has 150 valence electrons. The number of hydrogen-bond donors (Lipinski definition) is 1. The van der Waals surface area contributed by atoms with E-state index in [4.69, 9.17) is 10.5 Å². The first-order valence-electron chi connectivity index (χ1n) is 8.96. The van der Waals surface area contributed by atoms with Crippen LogP contribution in [0, 0.1) is 11.6 Å². The topological polar surface area (TPSA) is 96.7 Å². The summed E-state index contributed by atoms with van der Waals surface area (Å²) in [5.74, 6) is -0.693. The minimum atomic E-state index is -0.655. The number of nitrogens with zero attached hydrogens (tertiary/aromatic N) is 6. The Kier molecular flexibility index (Phi) is 4.05. The van der Waals surface area contributed by atoms with Crippen molar-refractivity contribution in [1.29, 1.82) is 0 Å². The lowest BCUT2D eigenvalue weighted by molar-refractivity contribution is 0.401. The molecule has 30 heavy (non-hydrogen) atoms. The van der Waals surface area contributed by atoms with Crippen LogP contribution in [0.1, 0.15) is 5.56 Å². The molecule has 8 nitrogen and oxygen atoms in total. The van der Waals surface area contributed by atoms with Crippen molar-refractivity contribution in [3.63, 3.8) is 0 Å². The SMILES string of the molecule is COc1ncnc2ccn(-c3cnc4nc(N)n(Cc5cc(F)cc(F)c5)c4c3)c12. The van der Waals surface area contributed by atoms with Gasteiger partial charge in [0.15, 0.2) is 5.65 Å². The van der Waals surface area contributed by atoms with Crippen LogP contribution in [0.2, 0.25) is 0 Å². The van der Waals surface area contributed by atoms with Gasteiger partial charge in [0, 0.05) is 12.3 Å². The Morgan fingerprint density at radius 2 is 1.87 bits per heavy atom. The smallest absolute Gasteiger partial charge is 0.241 e. The number of ether oxygens (including phenoxy) is 1. The highest BCUT2D eigenvalue weighted by Crippen LogP contribution is 2.27. The maximum atomic E-state index is 13.6. The molecular formula is C20H15F2N7O. The molecule has 5 aromatic rings. The zero-order chi connectivity index (χ0) is 20.8. The monoisotopic (exact) mass is 407 g/mol. The Bertz CT molecular complexity index is 1390. The van der Waals surface area contributed by atoms with Gasteiger partial charge >= 0.3 is 0 Å². The van der Waals surface area contributed by atoms with Crippen LogP contribution in [0.5, 0.6) is 5.88 Å². The first-order valence-corrected chi connectivity index (χ1v) is 8.96. The van der Waals surface area contributed by atoms with Crippen LogP contribution in [0.25, 0.3) is 27.9 Å². The average molecular weight is 407 g/mol. The van der Waals surface area contributed by atoms with Gasteiger partial charge in [-0.25, -0.2) is 18.7 Å². The van der Waals surface area contributed by atoms with Crippen LogP contribution in [-0.2, 0) is 6.54 Å². The summed E-state index contributed by atoms with van der Waals surface area (Å²) < 4.78 is 36.1. The Labute approximate surface area is 168 Å². The molecule has 0 saturated carbocycles. The quantitative estimate of drug-likeness (QED) is 0.492. The number of pyridine rings is 1. The zero-order valence-electron chi connectivity index (χ0n) is 15.8. The Morgan fingerprint density at radius 3 is 2.63 bits per heavy atom. The minimum Gasteiger partial charge on any atom is -0.479 e. The molecule has 0 aliphatic rings. The third-order valence-corrected chi connectivity index (χ3v) is 4.79. The summed E-state index contributed by atoms with van der Waals surface area (Å²) in [6.07, 6.45) is 4.91. The molecule has 0 fully saturated rings. The molecule has 0 bridgehead atoms. The van der Waals surface area contributed by atoms with Gasteiger partial charge in [-0.05, 0) is 29.8 Å². The summed E-state index contributed by atoms with van der Waals surface area (Å²) in [4.78, 5) is 17.1. The number of halogens is 2. The lowest BCUT2D eigenvalue weighted by Gasteiger charge is -2.10. The molecule has 4 heterocycles. The number of hydrogen-bond acceptors (Lipinski definition) is 6. The highest BCUT2D eigenvalue weighted by Gasteiger charge is 2.15. The number of nitrogens with two attached hydrogens (primary N) is 1. The van der Waals surface area contributed by atoms with E-state index in [1.807, 2.05) is 22.9 Å². The summed E-state index contributed by atoms with van der Waals surface area (Å²) in [5, 5.41) is 0. The number of nitrogen functional groups attached to an aromatic ring is 1. The minimum absolute atomic E-state index is 0.140. The van der Waals surface area contributed by atoms with Crippen LogP contribution in [0.15, 0.2) is 49.1 Å². The molecule has 0 saturated heterocycles. The highest BCUT2D eigenvalue weighted by atomic mass is 19.1. The fourth-order valence-corrected chi connectivity index (χ4v) is 3.50. The van der Waals surface area contributed by atoms with Gasteiger partial charge in [-0.1, -0.05) is 0 Å². The second-order valence-corrected chi connectivity index (χ2v) is 6.67. The predicted octanol–water partition coefficient (Wildman–Crippen LogP) is 3.08. The van der Waals surface area contributed by atoms with Gasteiger partial charge in [-0.2, -0.15) is 9.97 Å². The van der Waals surface area contributed by atoms with E-state index in [1.165, 1.54) is 25.6 Å². The second kappa shape index (κ2) is 6.76. The summed E-state index contributed by atoms with van der Waals surface area (Å²) in [6, 6.07) is 7.02. The second-order valence-electron chi connectivity index (χ2n) is 6.67. The van der Waals surface area contributed by atoms with E-state index < -0.39 is 11.6 Å². The van der Waals surface area contributed by atoms with Crippen molar-refractivity contribution in [3.05, 3.63) is 66.3 Å². The number of aromatic nitrogens is 6. The van der Waals surface area contributed by atoms with Crippen molar-refractivity contribution in [2.45, 2.75) is 6.54 Å². The van der Waals surface area contributed by atoms with Crippen LogP contribution >= 0.6 is 0 Å². The highest BCUT2D eigenvalue weighted by molar-refractivity contribution is 5.84. The van der Waals surface area contributed by atoms with Crippen molar-refractivity contribution in [2.75, 3.05) is 12.8 Å². The van der Waals surface area contributed by atoms with Crippen LogP contribution in [-0.4, -0.2) is 36.2 Å². The Hall–Kier alpha value is -4.08. The number of fused-ring (bicyclic) bond motifs is 2. The number of benzene rings is 1. The fourth-order valence-electron chi connectivity index (χ4n) is 3.50. The number of anilines is 1. The molecule has 0 amide bonds. The van der Waals surface area contributed by atoms with E-state index in [9.17, 15) is 8.78 Å². The average Bonchev–Trinajstić information content (AvgIpc) is 3.28. The van der Waals surface area contributed by atoms with Crippen molar-refractivity contribution in [2.24, 2.45) is 0 Å². The lowest BCUT2D eigenvalue weighted by Crippen LogP contribution is -2.05. The first-order chi connectivity index (χ1) is 14.5. The van der Waals surface area contributed by atoms with Crippen molar-refractivity contribution in [1.82, 2.24) is 29.1 Å². The molecular weight excluding hydrogens is 392 g/mol. The van der Waals surface area contributed by atoms with Gasteiger partial charge in [0.2, 0.25) is 11.8 Å². The first kappa shape index (κ1) is 18.0. The fraction of sp³-hybridized carbons (Fsp3) is 0.100. The molecule has 5 rings (SSSR count). The van der Waals surface area contributed by atoms with E-state index in [2.05, 4.69) is 19.9 Å². The van der Waals surface area contributed by atoms with E-state index in [0.717, 1.165) is 6.07 Å². The number of methoxy groups -OCH3 is 1. The Balaban J connectivity index is 1.66. The standard InChI is InChI=1S/C20H15F2N7O/c1-30-19-17-15(25-10-26-19)2-3-28(17)14-7-16-18(24-8-14)27-20(23)29(16)9-11-4-12(21)6-13(22)5-11/h2-8,10H,9H2,1H3,(H2,23,24,27). The summed E-state index contributed by atoms with van der Waals surface area (Å²) in [5.41, 5.74) is 9.63. The van der Waals surface area contributed by atoms with Crippen molar-refractivity contribution < 1.29 is 13.5 Å². The zero-order valence-corrected chi connectivity index (χ0v) is 15.8. The number of imidazole rings is 1. The maximum Gasteiger partial charge on any atom is 0.241 e. The van der Waals surface area contributed by atoms with Crippen LogP contribution in [0.3, 0.4) is 0 Å². The molecule has 0 atom stereocenters. The van der Waals surface area contributed by atoms with Gasteiger partial charge in [0.05, 0.1) is 36.6 Å². The van der Waals surface area contributed by atoms with E-state index in [1.54, 1.807) is 10.8 Å². The molecule has 10 heteroatoms. The molecule has 0 radical (unpaired) electrons. The predicted molar refractivity (Wildman–Crippen MR) is 106 cm³/mol. The molecule has 1 aromatic carbocycles. The lowest BCUT2D eigenvalue weighted by atomic mass is 10.2. The van der Waals surface area contributed by atoms with Gasteiger partial charge in [-0.3, -0.25) is 0 Å². The van der Waals surface area contributed by atoms with Crippen molar-refractivity contribution >= 4 is 28.1 Å². The molecule has 0 aliphatic heterocycles. The number of rotatable bonds is 4. The summed E-state index contributed by atoms with van der Waals surface area (Å²) >= 11 is 0. The van der Waals surface area contributed by atoms with Gasteiger partial charge in [-0.15, -0.1) is 0 Å². The largest absolute Gasteiger partial charge is 0.479 e. The normalized spacial score (nSPS) is 11.4. The molecule has 0 unspecified atom stereocenters. The van der Waals surface area contributed by atoms with Gasteiger partial charge < -0.3 is 19.6 Å². The molecule has 2 N–H and O–H groups in total.